The van der Waals surface area contributed by atoms with Crippen LogP contribution in [0, 0.1) is 5.82 Å². The summed E-state index contributed by atoms with van der Waals surface area (Å²) in [4.78, 5) is 11.6. The number of hydrogen-bond acceptors (Lipinski definition) is 1. The second-order valence-electron chi connectivity index (χ2n) is 3.55. The normalized spacial score (nSPS) is 11.3. The van der Waals surface area contributed by atoms with Crippen molar-refractivity contribution in [3.63, 3.8) is 0 Å². The summed E-state index contributed by atoms with van der Waals surface area (Å²) in [6.07, 6.45) is 0. The maximum absolute atomic E-state index is 13.3. The van der Waals surface area contributed by atoms with E-state index < -0.39 is 10.1 Å². The third-order valence-corrected chi connectivity index (χ3v) is 2.57. The van der Waals surface area contributed by atoms with Gasteiger partial charge < -0.3 is 5.32 Å². The molecule has 0 saturated heterocycles. The molecule has 5 heteroatoms. The maximum atomic E-state index is 13.3. The van der Waals surface area contributed by atoms with E-state index in [0.717, 1.165) is 0 Å². The fourth-order valence-corrected chi connectivity index (χ4v) is 1.32. The van der Waals surface area contributed by atoms with Crippen LogP contribution in [0.2, 0.25) is 0 Å². The Morgan fingerprint density at radius 2 is 2.07 bits per heavy atom. The lowest BCUT2D eigenvalue weighted by molar-refractivity contribution is -0.117. The zero-order chi connectivity index (χ0) is 11.6. The number of nitrogens with one attached hydrogen (secondary N) is 1. The molecule has 0 aliphatic rings. The number of halogens is 3. The highest BCUT2D eigenvalue weighted by molar-refractivity contribution is 9.10. The van der Waals surface area contributed by atoms with E-state index in [2.05, 4.69) is 37.2 Å². The molecule has 0 radical (unpaired) electrons. The Morgan fingerprint density at radius 1 is 1.47 bits per heavy atom. The molecule has 0 fully saturated rings. The molecule has 0 aliphatic carbocycles. The van der Waals surface area contributed by atoms with E-state index in [1.165, 1.54) is 12.1 Å². The second-order valence-corrected chi connectivity index (χ2v) is 6.45. The molecule has 82 valence electrons. The lowest BCUT2D eigenvalue weighted by atomic mass is 10.2. The van der Waals surface area contributed by atoms with Crippen LogP contribution in [-0.2, 0) is 4.79 Å². The number of hydrogen-bond donors (Lipinski definition) is 1. The van der Waals surface area contributed by atoms with Crippen molar-refractivity contribution in [1.82, 2.24) is 0 Å². The monoisotopic (exact) mass is 337 g/mol. The predicted molar refractivity (Wildman–Crippen MR) is 65.7 cm³/mol. The van der Waals surface area contributed by atoms with Crippen LogP contribution in [0.5, 0.6) is 0 Å². The summed E-state index contributed by atoms with van der Waals surface area (Å²) in [5, 5.41) is 2.50. The number of rotatable bonds is 2. The number of anilines is 1. The maximum Gasteiger partial charge on any atom is 0.240 e. The van der Waals surface area contributed by atoms with E-state index in [4.69, 9.17) is 0 Å². The Hall–Kier alpha value is -0.420. The van der Waals surface area contributed by atoms with Crippen molar-refractivity contribution in [2.75, 3.05) is 5.32 Å². The SMILES string of the molecule is CC(C)(Br)C(=O)Nc1cc(Br)ccc1F. The molecule has 1 aromatic carbocycles. The summed E-state index contributed by atoms with van der Waals surface area (Å²) in [7, 11) is 0. The van der Waals surface area contributed by atoms with Crippen molar-refractivity contribution >= 4 is 43.5 Å². The van der Waals surface area contributed by atoms with Gasteiger partial charge in [-0.25, -0.2) is 4.39 Å². The van der Waals surface area contributed by atoms with Gasteiger partial charge in [-0.1, -0.05) is 31.9 Å². The number of carbonyl (C=O) groups excluding carboxylic acids is 1. The molecule has 1 aromatic rings. The van der Waals surface area contributed by atoms with Crippen molar-refractivity contribution in [1.29, 1.82) is 0 Å². The van der Waals surface area contributed by atoms with E-state index in [1.807, 2.05) is 0 Å². The number of benzene rings is 1. The van der Waals surface area contributed by atoms with Gasteiger partial charge in [0.25, 0.3) is 0 Å². The standard InChI is InChI=1S/C10H10Br2FNO/c1-10(2,12)9(15)14-8-5-6(11)3-4-7(8)13/h3-5H,1-2H3,(H,14,15). The van der Waals surface area contributed by atoms with Crippen LogP contribution in [0.15, 0.2) is 22.7 Å². The zero-order valence-electron chi connectivity index (χ0n) is 8.27. The minimum Gasteiger partial charge on any atom is -0.322 e. The molecule has 0 aliphatic heterocycles. The third kappa shape index (κ3) is 3.57. The van der Waals surface area contributed by atoms with Crippen LogP contribution in [0.1, 0.15) is 13.8 Å². The molecular formula is C10H10Br2FNO. The van der Waals surface area contributed by atoms with Crippen LogP contribution in [0.3, 0.4) is 0 Å². The summed E-state index contributed by atoms with van der Waals surface area (Å²) >= 11 is 6.41. The van der Waals surface area contributed by atoms with Gasteiger partial charge >= 0.3 is 0 Å². The van der Waals surface area contributed by atoms with Crippen molar-refractivity contribution in [3.8, 4) is 0 Å². The summed E-state index contributed by atoms with van der Waals surface area (Å²) in [5.41, 5.74) is 0.168. The van der Waals surface area contributed by atoms with Crippen LogP contribution < -0.4 is 5.32 Å². The Labute approximate surface area is 105 Å². The molecule has 1 rings (SSSR count). The Kier molecular flexibility index (Phi) is 3.89. The minimum atomic E-state index is -0.720. The van der Waals surface area contributed by atoms with Gasteiger partial charge in [-0.2, -0.15) is 0 Å². The smallest absolute Gasteiger partial charge is 0.240 e. The first-order chi connectivity index (χ1) is 6.80. The van der Waals surface area contributed by atoms with Crippen molar-refractivity contribution in [3.05, 3.63) is 28.5 Å². The van der Waals surface area contributed by atoms with Crippen molar-refractivity contribution in [2.24, 2.45) is 0 Å². The topological polar surface area (TPSA) is 29.1 Å². The van der Waals surface area contributed by atoms with Crippen LogP contribution in [0.4, 0.5) is 10.1 Å². The molecule has 0 bridgehead atoms. The van der Waals surface area contributed by atoms with E-state index in [0.29, 0.717) is 4.47 Å². The summed E-state index contributed by atoms with van der Waals surface area (Å²) < 4.78 is 13.3. The fraction of sp³-hybridized carbons (Fsp3) is 0.300. The summed E-state index contributed by atoms with van der Waals surface area (Å²) in [6, 6.07) is 4.39. The molecule has 2 nitrogen and oxygen atoms in total. The van der Waals surface area contributed by atoms with Gasteiger partial charge in [0.05, 0.1) is 10.0 Å². The fourth-order valence-electron chi connectivity index (χ4n) is 0.864. The van der Waals surface area contributed by atoms with Gasteiger partial charge in [-0.3, -0.25) is 4.79 Å². The van der Waals surface area contributed by atoms with Gasteiger partial charge in [0.2, 0.25) is 5.91 Å². The Morgan fingerprint density at radius 3 is 2.60 bits per heavy atom. The first-order valence-electron chi connectivity index (χ1n) is 4.26. The van der Waals surface area contributed by atoms with E-state index in [9.17, 15) is 9.18 Å². The Bertz CT molecular complexity index is 387. The molecule has 0 saturated carbocycles. The quantitative estimate of drug-likeness (QED) is 0.818. The predicted octanol–water partition coefficient (Wildman–Crippen LogP) is 3.70. The molecule has 0 unspecified atom stereocenters. The van der Waals surface area contributed by atoms with Crippen LogP contribution in [-0.4, -0.2) is 10.2 Å². The van der Waals surface area contributed by atoms with Gasteiger partial charge in [0, 0.05) is 4.47 Å². The molecule has 1 amide bonds. The second kappa shape index (κ2) is 4.61. The number of alkyl halides is 1. The largest absolute Gasteiger partial charge is 0.322 e. The lowest BCUT2D eigenvalue weighted by Gasteiger charge is -2.16. The minimum absolute atomic E-state index is 0.168. The number of carbonyl (C=O) groups is 1. The van der Waals surface area contributed by atoms with Crippen LogP contribution >= 0.6 is 31.9 Å². The van der Waals surface area contributed by atoms with Gasteiger partial charge in [-0.05, 0) is 32.0 Å². The lowest BCUT2D eigenvalue weighted by Crippen LogP contribution is -2.31. The summed E-state index contributed by atoms with van der Waals surface area (Å²) in [5.74, 6) is -0.747. The van der Waals surface area contributed by atoms with Gasteiger partial charge in [0.1, 0.15) is 5.82 Å². The average molecular weight is 339 g/mol. The highest BCUT2D eigenvalue weighted by Crippen LogP contribution is 2.23. The highest BCUT2D eigenvalue weighted by Gasteiger charge is 2.24. The third-order valence-electron chi connectivity index (χ3n) is 1.72. The Balaban J connectivity index is 2.90. The highest BCUT2D eigenvalue weighted by atomic mass is 79.9. The summed E-state index contributed by atoms with van der Waals surface area (Å²) in [6.45, 7) is 3.39. The van der Waals surface area contributed by atoms with E-state index >= 15 is 0 Å². The molecule has 0 atom stereocenters. The van der Waals surface area contributed by atoms with Gasteiger partial charge in [-0.15, -0.1) is 0 Å². The van der Waals surface area contributed by atoms with E-state index in [-0.39, 0.29) is 11.6 Å². The number of amides is 1. The van der Waals surface area contributed by atoms with Crippen molar-refractivity contribution < 1.29 is 9.18 Å². The molecular weight excluding hydrogens is 329 g/mol. The average Bonchev–Trinajstić information content (AvgIpc) is 2.09. The zero-order valence-corrected chi connectivity index (χ0v) is 11.4. The first kappa shape index (κ1) is 12.6. The molecule has 0 aromatic heterocycles. The molecule has 15 heavy (non-hydrogen) atoms. The van der Waals surface area contributed by atoms with Gasteiger partial charge in [0.15, 0.2) is 0 Å². The van der Waals surface area contributed by atoms with Crippen LogP contribution in [0.25, 0.3) is 0 Å². The van der Waals surface area contributed by atoms with Crippen molar-refractivity contribution in [2.45, 2.75) is 18.2 Å². The molecule has 0 heterocycles. The van der Waals surface area contributed by atoms with E-state index in [1.54, 1.807) is 19.9 Å². The molecule has 1 N–H and O–H groups in total. The molecule has 0 spiro atoms. The first-order valence-corrected chi connectivity index (χ1v) is 5.85.